The standard InChI is InChI=1S/C26H30N2O4S/c1-15-10-18(12-16-6-8-20(29-2)22(13-16)31-4)25-19(11-15)24(27-26(33)28-25)17-7-9-21(30-3)23(14-17)32-5/h6-9,12-15,24H,10-11H2,1-5H3,(H2,27,28,33)/b18-12+/t15-,24-/m0/s1. The molecule has 6 nitrogen and oxygen atoms in total. The van der Waals surface area contributed by atoms with E-state index < -0.39 is 0 Å². The molecule has 0 bridgehead atoms. The Morgan fingerprint density at radius 2 is 1.48 bits per heavy atom. The maximum absolute atomic E-state index is 5.60. The molecule has 1 heterocycles. The first-order chi connectivity index (χ1) is 16.0. The van der Waals surface area contributed by atoms with E-state index in [4.69, 9.17) is 31.2 Å². The zero-order valence-corrected chi connectivity index (χ0v) is 20.5. The number of hydrogen-bond donors (Lipinski definition) is 2. The van der Waals surface area contributed by atoms with Crippen LogP contribution in [0.15, 0.2) is 53.2 Å². The maximum atomic E-state index is 5.60. The number of rotatable bonds is 6. The molecule has 0 fully saturated rings. The summed E-state index contributed by atoms with van der Waals surface area (Å²) in [5, 5.41) is 7.50. The molecule has 2 N–H and O–H groups in total. The number of hydrogen-bond acceptors (Lipinski definition) is 5. The van der Waals surface area contributed by atoms with E-state index in [1.165, 1.54) is 11.1 Å². The molecular weight excluding hydrogens is 436 g/mol. The van der Waals surface area contributed by atoms with Gasteiger partial charge in [0, 0.05) is 5.70 Å². The van der Waals surface area contributed by atoms with Gasteiger partial charge in [-0.2, -0.15) is 0 Å². The first-order valence-electron chi connectivity index (χ1n) is 10.9. The van der Waals surface area contributed by atoms with Crippen LogP contribution in [-0.2, 0) is 0 Å². The Kier molecular flexibility index (Phi) is 6.79. The average molecular weight is 467 g/mol. The molecule has 0 saturated heterocycles. The smallest absolute Gasteiger partial charge is 0.171 e. The fraction of sp³-hybridized carbons (Fsp3) is 0.346. The molecule has 4 rings (SSSR count). The third kappa shape index (κ3) is 4.64. The van der Waals surface area contributed by atoms with Crippen LogP contribution in [0.5, 0.6) is 23.0 Å². The van der Waals surface area contributed by atoms with Gasteiger partial charge in [0.2, 0.25) is 0 Å². The quantitative estimate of drug-likeness (QED) is 0.581. The minimum Gasteiger partial charge on any atom is -0.493 e. The number of thiocarbonyl (C=S) groups is 1. The van der Waals surface area contributed by atoms with Crippen molar-refractivity contribution >= 4 is 23.4 Å². The van der Waals surface area contributed by atoms with Crippen LogP contribution in [0.3, 0.4) is 0 Å². The first kappa shape index (κ1) is 23.0. The largest absolute Gasteiger partial charge is 0.493 e. The first-order valence-corrected chi connectivity index (χ1v) is 11.3. The summed E-state index contributed by atoms with van der Waals surface area (Å²) in [7, 11) is 6.59. The Morgan fingerprint density at radius 3 is 2.15 bits per heavy atom. The molecule has 33 heavy (non-hydrogen) atoms. The highest BCUT2D eigenvalue weighted by molar-refractivity contribution is 7.80. The van der Waals surface area contributed by atoms with Gasteiger partial charge < -0.3 is 29.6 Å². The highest BCUT2D eigenvalue weighted by atomic mass is 32.1. The Balaban J connectivity index is 1.78. The van der Waals surface area contributed by atoms with Gasteiger partial charge in [-0.15, -0.1) is 0 Å². The van der Waals surface area contributed by atoms with Gasteiger partial charge in [-0.1, -0.05) is 19.1 Å². The number of ether oxygens (including phenoxy) is 4. The van der Waals surface area contributed by atoms with Crippen molar-refractivity contribution in [1.29, 1.82) is 0 Å². The van der Waals surface area contributed by atoms with Gasteiger partial charge in [-0.3, -0.25) is 0 Å². The molecule has 0 spiro atoms. The molecule has 1 aliphatic carbocycles. The number of methoxy groups -OCH3 is 4. The van der Waals surface area contributed by atoms with Crippen LogP contribution < -0.4 is 29.6 Å². The third-order valence-corrected chi connectivity index (χ3v) is 6.35. The van der Waals surface area contributed by atoms with Crippen molar-refractivity contribution in [3.05, 3.63) is 64.4 Å². The number of nitrogens with one attached hydrogen (secondary N) is 2. The lowest BCUT2D eigenvalue weighted by molar-refractivity contribution is 0.354. The van der Waals surface area contributed by atoms with Crippen LogP contribution in [0.1, 0.15) is 36.9 Å². The minimum absolute atomic E-state index is 0.0369. The fourth-order valence-corrected chi connectivity index (χ4v) is 4.84. The predicted octanol–water partition coefficient (Wildman–Crippen LogP) is 5.01. The molecule has 0 aromatic heterocycles. The Bertz CT molecular complexity index is 1130. The molecule has 7 heteroatoms. The third-order valence-electron chi connectivity index (χ3n) is 6.13. The maximum Gasteiger partial charge on any atom is 0.171 e. The van der Waals surface area contributed by atoms with Crippen LogP contribution in [-0.4, -0.2) is 33.6 Å². The van der Waals surface area contributed by atoms with Crippen LogP contribution in [0.25, 0.3) is 6.08 Å². The molecule has 174 valence electrons. The normalized spacial score (nSPS) is 21.1. The lowest BCUT2D eigenvalue weighted by atomic mass is 9.78. The lowest BCUT2D eigenvalue weighted by Gasteiger charge is -2.38. The van der Waals surface area contributed by atoms with Gasteiger partial charge in [0.1, 0.15) is 0 Å². The van der Waals surface area contributed by atoms with E-state index in [2.05, 4.69) is 29.7 Å². The number of benzene rings is 2. The molecule has 0 unspecified atom stereocenters. The zero-order valence-electron chi connectivity index (χ0n) is 19.7. The summed E-state index contributed by atoms with van der Waals surface area (Å²) in [6.07, 6.45) is 4.14. The van der Waals surface area contributed by atoms with Crippen LogP contribution >= 0.6 is 12.2 Å². The van der Waals surface area contributed by atoms with Gasteiger partial charge in [0.05, 0.1) is 34.5 Å². The Hall–Kier alpha value is -3.19. The number of allylic oxidation sites excluding steroid dienone is 1. The fourth-order valence-electron chi connectivity index (χ4n) is 4.62. The van der Waals surface area contributed by atoms with Gasteiger partial charge in [0.25, 0.3) is 0 Å². The van der Waals surface area contributed by atoms with Crippen molar-refractivity contribution in [2.24, 2.45) is 5.92 Å². The van der Waals surface area contributed by atoms with Crippen molar-refractivity contribution in [2.75, 3.05) is 28.4 Å². The van der Waals surface area contributed by atoms with Gasteiger partial charge in [-0.05, 0) is 83.6 Å². The van der Waals surface area contributed by atoms with Crippen LogP contribution in [0, 0.1) is 5.92 Å². The van der Waals surface area contributed by atoms with E-state index in [-0.39, 0.29) is 6.04 Å². The summed E-state index contributed by atoms with van der Waals surface area (Å²) < 4.78 is 21.8. The van der Waals surface area contributed by atoms with Crippen molar-refractivity contribution in [3.63, 3.8) is 0 Å². The second kappa shape index (κ2) is 9.75. The molecule has 0 radical (unpaired) electrons. The topological polar surface area (TPSA) is 61.0 Å². The monoisotopic (exact) mass is 466 g/mol. The van der Waals surface area contributed by atoms with Crippen molar-refractivity contribution < 1.29 is 18.9 Å². The summed E-state index contributed by atoms with van der Waals surface area (Å²) in [6, 6.07) is 12.0. The van der Waals surface area contributed by atoms with E-state index in [1.807, 2.05) is 30.3 Å². The van der Waals surface area contributed by atoms with Crippen molar-refractivity contribution in [3.8, 4) is 23.0 Å². The SMILES string of the molecule is COc1ccc(/C=C2\C[C@H](C)CC3=C2NC(=S)N[C@H]3c2ccc(OC)c(OC)c2)cc1OC. The Labute approximate surface area is 200 Å². The van der Waals surface area contributed by atoms with Gasteiger partial charge in [0.15, 0.2) is 28.1 Å². The van der Waals surface area contributed by atoms with Crippen molar-refractivity contribution in [1.82, 2.24) is 10.6 Å². The van der Waals surface area contributed by atoms with E-state index >= 15 is 0 Å². The highest BCUT2D eigenvalue weighted by Gasteiger charge is 2.33. The van der Waals surface area contributed by atoms with E-state index in [0.29, 0.717) is 34.0 Å². The molecule has 0 saturated carbocycles. The second-order valence-corrected chi connectivity index (χ2v) is 8.75. The Morgan fingerprint density at radius 1 is 0.848 bits per heavy atom. The van der Waals surface area contributed by atoms with Gasteiger partial charge in [-0.25, -0.2) is 0 Å². The van der Waals surface area contributed by atoms with Gasteiger partial charge >= 0.3 is 0 Å². The molecule has 2 atom stereocenters. The second-order valence-electron chi connectivity index (χ2n) is 8.34. The lowest BCUT2D eigenvalue weighted by Crippen LogP contribution is -2.45. The predicted molar refractivity (Wildman–Crippen MR) is 134 cm³/mol. The molecule has 2 aromatic rings. The van der Waals surface area contributed by atoms with Crippen LogP contribution in [0.2, 0.25) is 0 Å². The van der Waals surface area contributed by atoms with Crippen molar-refractivity contribution in [2.45, 2.75) is 25.8 Å². The molecule has 2 aromatic carbocycles. The minimum atomic E-state index is -0.0369. The molecular formula is C26H30N2O4S. The zero-order chi connectivity index (χ0) is 23.5. The molecule has 2 aliphatic rings. The summed E-state index contributed by atoms with van der Waals surface area (Å²) in [4.78, 5) is 0. The van der Waals surface area contributed by atoms with E-state index in [0.717, 1.165) is 29.7 Å². The average Bonchev–Trinajstić information content (AvgIpc) is 2.83. The summed E-state index contributed by atoms with van der Waals surface area (Å²) in [5.74, 6) is 3.33. The molecule has 0 amide bonds. The van der Waals surface area contributed by atoms with Crippen LogP contribution in [0.4, 0.5) is 0 Å². The van der Waals surface area contributed by atoms with E-state index in [1.54, 1.807) is 28.4 Å². The summed E-state index contributed by atoms with van der Waals surface area (Å²) in [6.45, 7) is 2.28. The highest BCUT2D eigenvalue weighted by Crippen LogP contribution is 2.43. The summed E-state index contributed by atoms with van der Waals surface area (Å²) >= 11 is 5.60. The molecule has 1 aliphatic heterocycles. The van der Waals surface area contributed by atoms with E-state index in [9.17, 15) is 0 Å². The summed E-state index contributed by atoms with van der Waals surface area (Å²) in [5.41, 5.74) is 5.76.